The van der Waals surface area contributed by atoms with E-state index >= 15 is 0 Å². The van der Waals surface area contributed by atoms with E-state index in [-0.39, 0.29) is 29.9 Å². The fourth-order valence-corrected chi connectivity index (χ4v) is 7.72. The van der Waals surface area contributed by atoms with Gasteiger partial charge >= 0.3 is 6.09 Å². The van der Waals surface area contributed by atoms with E-state index < -0.39 is 11.2 Å². The van der Waals surface area contributed by atoms with Crippen LogP contribution in [0, 0.1) is 5.92 Å². The van der Waals surface area contributed by atoms with Gasteiger partial charge in [-0.1, -0.05) is 49.6 Å². The first-order valence-corrected chi connectivity index (χ1v) is 19.1. The molecule has 1 saturated carbocycles. The number of aromatic amines is 1. The lowest BCUT2D eigenvalue weighted by molar-refractivity contribution is -0.147. The van der Waals surface area contributed by atoms with Crippen LogP contribution in [-0.4, -0.2) is 99.3 Å². The Kier molecular flexibility index (Phi) is 11.5. The van der Waals surface area contributed by atoms with Crippen molar-refractivity contribution >= 4 is 23.6 Å². The molecule has 2 aliphatic heterocycles. The van der Waals surface area contributed by atoms with E-state index in [2.05, 4.69) is 50.3 Å². The maximum Gasteiger partial charge on any atom is 0.410 e. The summed E-state index contributed by atoms with van der Waals surface area (Å²) in [7, 11) is 0. The topological polar surface area (TPSA) is 111 Å². The van der Waals surface area contributed by atoms with E-state index in [0.717, 1.165) is 54.6 Å². The summed E-state index contributed by atoms with van der Waals surface area (Å²) >= 11 is 0. The molecule has 1 aliphatic carbocycles. The number of piperidine rings is 1. The number of hydrogen-bond donors (Lipinski definition) is 1. The average Bonchev–Trinajstić information content (AvgIpc) is 3.69. The molecule has 11 heteroatoms. The third kappa shape index (κ3) is 9.27. The number of aromatic nitrogens is 2. The van der Waals surface area contributed by atoms with Crippen LogP contribution in [0.4, 0.5) is 10.5 Å². The summed E-state index contributed by atoms with van der Waals surface area (Å²) in [5, 5.41) is 6.96. The highest BCUT2D eigenvalue weighted by Gasteiger charge is 2.38. The Balaban J connectivity index is 1.08. The SMILES string of the molecule is CC(C)(C)OC(=O)N1CCN(C(=O)C(C)(C)Oc2cccc(N3CCC[C@@H](C(=O)N(Cc4ccc(-c5cn[nH]c5)cc4)C4CCCCC4)C3)c2)CC1. The zero-order chi connectivity index (χ0) is 36.9. The summed E-state index contributed by atoms with van der Waals surface area (Å²) in [5.41, 5.74) is 2.62. The van der Waals surface area contributed by atoms with E-state index in [1.165, 1.54) is 19.3 Å². The van der Waals surface area contributed by atoms with Crippen molar-refractivity contribution in [1.29, 1.82) is 0 Å². The minimum atomic E-state index is -1.11. The van der Waals surface area contributed by atoms with Crippen molar-refractivity contribution in [3.8, 4) is 16.9 Å². The lowest BCUT2D eigenvalue weighted by atomic mass is 9.90. The average molecular weight is 713 g/mol. The highest BCUT2D eigenvalue weighted by molar-refractivity contribution is 5.85. The first-order chi connectivity index (χ1) is 24.9. The van der Waals surface area contributed by atoms with Crippen molar-refractivity contribution in [1.82, 2.24) is 24.9 Å². The number of nitrogens with one attached hydrogen (secondary N) is 1. The van der Waals surface area contributed by atoms with E-state index in [1.807, 2.05) is 51.4 Å². The monoisotopic (exact) mass is 712 g/mol. The van der Waals surface area contributed by atoms with Gasteiger partial charge in [-0.15, -0.1) is 0 Å². The summed E-state index contributed by atoms with van der Waals surface area (Å²) in [6, 6.07) is 16.7. The van der Waals surface area contributed by atoms with Crippen LogP contribution in [0.3, 0.4) is 0 Å². The van der Waals surface area contributed by atoms with E-state index in [4.69, 9.17) is 9.47 Å². The molecule has 3 heterocycles. The number of ether oxygens (including phenoxy) is 2. The highest BCUT2D eigenvalue weighted by atomic mass is 16.6. The molecule has 0 radical (unpaired) electrons. The van der Waals surface area contributed by atoms with Crippen molar-refractivity contribution in [2.75, 3.05) is 44.2 Å². The molecule has 52 heavy (non-hydrogen) atoms. The number of H-pyrrole nitrogens is 1. The predicted molar refractivity (Wildman–Crippen MR) is 202 cm³/mol. The fourth-order valence-electron chi connectivity index (χ4n) is 7.72. The van der Waals surface area contributed by atoms with Gasteiger partial charge in [0, 0.05) is 75.4 Å². The Morgan fingerprint density at radius 2 is 1.56 bits per heavy atom. The van der Waals surface area contributed by atoms with Crippen LogP contribution in [-0.2, 0) is 20.9 Å². The molecule has 3 aliphatic rings. The molecular weight excluding hydrogens is 656 g/mol. The number of hydrogen-bond acceptors (Lipinski definition) is 7. The van der Waals surface area contributed by atoms with Crippen molar-refractivity contribution in [3.63, 3.8) is 0 Å². The fraction of sp³-hybridized carbons (Fsp3) is 0.561. The first-order valence-electron chi connectivity index (χ1n) is 19.1. The van der Waals surface area contributed by atoms with E-state index in [9.17, 15) is 14.4 Å². The maximum absolute atomic E-state index is 14.4. The molecule has 6 rings (SSSR count). The molecule has 3 amide bonds. The van der Waals surface area contributed by atoms with Crippen LogP contribution in [0.2, 0.25) is 0 Å². The standard InChI is InChI=1S/C41H56N6O5/c1-40(2,3)52-39(50)45-23-21-44(22-24-45)38(49)41(4,5)51-36-15-9-14-35(25-36)46-20-10-11-32(29-46)37(48)47(34-12-7-6-8-13-34)28-30-16-18-31(19-17-30)33-26-42-43-27-33/h9,14-19,25-27,32,34H,6-8,10-13,20-24,28-29H2,1-5H3,(H,42,43)/t32-/m1/s1. The van der Waals surface area contributed by atoms with Gasteiger partial charge in [-0.25, -0.2) is 4.79 Å². The number of nitrogens with zero attached hydrogens (tertiary/aromatic N) is 5. The summed E-state index contributed by atoms with van der Waals surface area (Å²) in [6.45, 7) is 12.9. The van der Waals surface area contributed by atoms with E-state index in [0.29, 0.717) is 45.0 Å². The van der Waals surface area contributed by atoms with Crippen molar-refractivity contribution in [2.24, 2.45) is 5.92 Å². The van der Waals surface area contributed by atoms with Crippen molar-refractivity contribution in [3.05, 3.63) is 66.5 Å². The lowest BCUT2D eigenvalue weighted by Gasteiger charge is -2.40. The Morgan fingerprint density at radius 3 is 2.23 bits per heavy atom. The summed E-state index contributed by atoms with van der Waals surface area (Å²) in [6.07, 6.45) is 10.8. The molecule has 0 spiro atoms. The van der Waals surface area contributed by atoms with E-state index in [1.54, 1.807) is 23.6 Å². The smallest absolute Gasteiger partial charge is 0.410 e. The lowest BCUT2D eigenvalue weighted by Crippen LogP contribution is -2.57. The summed E-state index contributed by atoms with van der Waals surface area (Å²) < 4.78 is 11.9. The molecule has 11 nitrogen and oxygen atoms in total. The number of carbonyl (C=O) groups is 3. The highest BCUT2D eigenvalue weighted by Crippen LogP contribution is 2.32. The Bertz CT molecular complexity index is 1650. The zero-order valence-electron chi connectivity index (χ0n) is 31.6. The maximum atomic E-state index is 14.4. The van der Waals surface area contributed by atoms with Gasteiger partial charge in [0.2, 0.25) is 5.91 Å². The largest absolute Gasteiger partial charge is 0.478 e. The van der Waals surface area contributed by atoms with Gasteiger partial charge in [0.15, 0.2) is 5.60 Å². The molecule has 3 aromatic rings. The van der Waals surface area contributed by atoms with Crippen LogP contribution >= 0.6 is 0 Å². The molecule has 2 aromatic carbocycles. The molecule has 1 N–H and O–H groups in total. The van der Waals surface area contributed by atoms with Crippen molar-refractivity contribution in [2.45, 2.75) is 103 Å². The molecule has 280 valence electrons. The minimum Gasteiger partial charge on any atom is -0.478 e. The number of anilines is 1. The molecular formula is C41H56N6O5. The van der Waals surface area contributed by atoms with Gasteiger partial charge in [0.05, 0.1) is 12.1 Å². The number of benzene rings is 2. The first kappa shape index (κ1) is 37.2. The quantitative estimate of drug-likeness (QED) is 0.257. The second-order valence-electron chi connectivity index (χ2n) is 16.1. The number of rotatable bonds is 9. The second-order valence-corrected chi connectivity index (χ2v) is 16.1. The third-order valence-corrected chi connectivity index (χ3v) is 10.5. The Hall–Kier alpha value is -4.54. The van der Waals surface area contributed by atoms with Crippen LogP contribution in [0.1, 0.15) is 85.1 Å². The van der Waals surface area contributed by atoms with Crippen LogP contribution in [0.15, 0.2) is 60.9 Å². The minimum absolute atomic E-state index is 0.0946. The normalized spacial score (nSPS) is 18.9. The van der Waals surface area contributed by atoms with Gasteiger partial charge < -0.3 is 29.1 Å². The van der Waals surface area contributed by atoms with Crippen LogP contribution in [0.5, 0.6) is 5.75 Å². The second kappa shape index (κ2) is 16.0. The summed E-state index contributed by atoms with van der Waals surface area (Å²) in [5.74, 6) is 0.646. The molecule has 2 saturated heterocycles. The zero-order valence-corrected chi connectivity index (χ0v) is 31.6. The number of carbonyl (C=O) groups excluding carboxylic acids is 3. The molecule has 1 aromatic heterocycles. The Morgan fingerprint density at radius 1 is 0.846 bits per heavy atom. The van der Waals surface area contributed by atoms with Crippen molar-refractivity contribution < 1.29 is 23.9 Å². The molecule has 0 bridgehead atoms. The number of amides is 3. The van der Waals surface area contributed by atoms with Gasteiger partial charge in [0.25, 0.3) is 5.91 Å². The van der Waals surface area contributed by atoms with Crippen LogP contribution < -0.4 is 9.64 Å². The van der Waals surface area contributed by atoms with Gasteiger partial charge in [0.1, 0.15) is 11.4 Å². The predicted octanol–water partition coefficient (Wildman–Crippen LogP) is 6.89. The van der Waals surface area contributed by atoms with Gasteiger partial charge in [-0.3, -0.25) is 14.7 Å². The molecule has 0 unspecified atom stereocenters. The van der Waals surface area contributed by atoms with Crippen LogP contribution in [0.25, 0.3) is 11.1 Å². The third-order valence-electron chi connectivity index (χ3n) is 10.5. The Labute approximate surface area is 308 Å². The molecule has 1 atom stereocenters. The summed E-state index contributed by atoms with van der Waals surface area (Å²) in [4.78, 5) is 48.5. The van der Waals surface area contributed by atoms with Gasteiger partial charge in [-0.2, -0.15) is 5.10 Å². The number of piperazine rings is 1. The van der Waals surface area contributed by atoms with Gasteiger partial charge in [-0.05, 0) is 83.6 Å². The molecule has 3 fully saturated rings.